The Morgan fingerprint density at radius 3 is 2.34 bits per heavy atom. The van der Waals surface area contributed by atoms with Crippen LogP contribution in [0.25, 0.3) is 10.9 Å². The number of rotatable bonds is 4. The van der Waals surface area contributed by atoms with Gasteiger partial charge in [0.25, 0.3) is 5.56 Å². The molecule has 0 bridgehead atoms. The Labute approximate surface area is 168 Å². The molecular formula is C23H25N3O3. The lowest BCUT2D eigenvalue weighted by atomic mass is 10.1. The minimum atomic E-state index is -0.405. The molecule has 2 aromatic carbocycles. The van der Waals surface area contributed by atoms with Gasteiger partial charge in [0.1, 0.15) is 6.54 Å². The molecule has 0 saturated heterocycles. The number of carbonyl (C=O) groups is 1. The summed E-state index contributed by atoms with van der Waals surface area (Å²) in [6, 6.07) is 12.7. The molecule has 1 N–H and O–H groups in total. The van der Waals surface area contributed by atoms with Crippen molar-refractivity contribution in [3.63, 3.8) is 0 Å². The molecule has 150 valence electrons. The molecule has 1 amide bonds. The highest BCUT2D eigenvalue weighted by molar-refractivity contribution is 5.93. The van der Waals surface area contributed by atoms with Crippen LogP contribution in [0.5, 0.6) is 0 Å². The quantitative estimate of drug-likeness (QED) is 0.739. The zero-order valence-electron chi connectivity index (χ0n) is 16.8. The van der Waals surface area contributed by atoms with Crippen molar-refractivity contribution in [2.75, 3.05) is 5.32 Å². The number of carbonyl (C=O) groups excluding carboxylic acids is 1. The van der Waals surface area contributed by atoms with Gasteiger partial charge in [0.15, 0.2) is 0 Å². The second-order valence-electron chi connectivity index (χ2n) is 7.81. The van der Waals surface area contributed by atoms with Crippen LogP contribution in [0.1, 0.15) is 42.9 Å². The van der Waals surface area contributed by atoms with Crippen LogP contribution in [0, 0.1) is 13.8 Å². The van der Waals surface area contributed by atoms with E-state index in [-0.39, 0.29) is 24.1 Å². The number of fused-ring (bicyclic) bond motifs is 1. The van der Waals surface area contributed by atoms with Gasteiger partial charge in [-0.05, 0) is 49.9 Å². The Kier molecular flexibility index (Phi) is 5.09. The van der Waals surface area contributed by atoms with E-state index in [4.69, 9.17) is 0 Å². The normalized spacial score (nSPS) is 14.4. The molecule has 1 heterocycles. The van der Waals surface area contributed by atoms with Gasteiger partial charge in [-0.2, -0.15) is 0 Å². The lowest BCUT2D eigenvalue weighted by Crippen LogP contribution is -2.43. The average molecular weight is 391 g/mol. The van der Waals surface area contributed by atoms with Crippen molar-refractivity contribution in [2.45, 2.75) is 52.1 Å². The van der Waals surface area contributed by atoms with Crippen molar-refractivity contribution >= 4 is 22.5 Å². The number of nitrogens with one attached hydrogen (secondary N) is 1. The van der Waals surface area contributed by atoms with Crippen LogP contribution in [0.4, 0.5) is 5.69 Å². The van der Waals surface area contributed by atoms with Gasteiger partial charge in [-0.25, -0.2) is 4.79 Å². The monoisotopic (exact) mass is 391 g/mol. The fourth-order valence-corrected chi connectivity index (χ4v) is 4.31. The lowest BCUT2D eigenvalue weighted by molar-refractivity contribution is -0.116. The fraction of sp³-hybridized carbons (Fsp3) is 0.348. The van der Waals surface area contributed by atoms with Gasteiger partial charge >= 0.3 is 5.69 Å². The second-order valence-corrected chi connectivity index (χ2v) is 7.81. The van der Waals surface area contributed by atoms with E-state index < -0.39 is 5.69 Å². The third kappa shape index (κ3) is 3.50. The van der Waals surface area contributed by atoms with Crippen molar-refractivity contribution in [3.8, 4) is 0 Å². The molecule has 1 aliphatic rings. The maximum atomic E-state index is 13.3. The summed E-state index contributed by atoms with van der Waals surface area (Å²) in [5.41, 5.74) is 2.52. The minimum Gasteiger partial charge on any atom is -0.324 e. The van der Waals surface area contributed by atoms with E-state index in [9.17, 15) is 14.4 Å². The second kappa shape index (κ2) is 7.70. The molecule has 4 rings (SSSR count). The molecule has 1 fully saturated rings. The van der Waals surface area contributed by atoms with Gasteiger partial charge in [-0.15, -0.1) is 0 Å². The summed E-state index contributed by atoms with van der Waals surface area (Å²) >= 11 is 0. The van der Waals surface area contributed by atoms with Crippen LogP contribution in [-0.2, 0) is 11.3 Å². The van der Waals surface area contributed by atoms with Gasteiger partial charge in [0, 0.05) is 11.7 Å². The van der Waals surface area contributed by atoms with E-state index in [1.807, 2.05) is 32.0 Å². The molecular weight excluding hydrogens is 366 g/mol. The summed E-state index contributed by atoms with van der Waals surface area (Å²) in [4.78, 5) is 39.1. The van der Waals surface area contributed by atoms with Gasteiger partial charge in [0.05, 0.1) is 10.9 Å². The van der Waals surface area contributed by atoms with Crippen molar-refractivity contribution in [1.29, 1.82) is 0 Å². The molecule has 0 atom stereocenters. The molecule has 6 nitrogen and oxygen atoms in total. The number of hydrogen-bond acceptors (Lipinski definition) is 3. The van der Waals surface area contributed by atoms with Crippen LogP contribution in [-0.4, -0.2) is 15.0 Å². The molecule has 0 unspecified atom stereocenters. The summed E-state index contributed by atoms with van der Waals surface area (Å²) in [5.74, 6) is -0.286. The lowest BCUT2D eigenvalue weighted by Gasteiger charge is -2.18. The topological polar surface area (TPSA) is 73.1 Å². The van der Waals surface area contributed by atoms with Crippen molar-refractivity contribution in [2.24, 2.45) is 0 Å². The maximum absolute atomic E-state index is 13.3. The first kappa shape index (κ1) is 19.2. The highest BCUT2D eigenvalue weighted by Crippen LogP contribution is 2.27. The summed E-state index contributed by atoms with van der Waals surface area (Å²) in [5, 5.41) is 3.41. The minimum absolute atomic E-state index is 0.0903. The highest BCUT2D eigenvalue weighted by atomic mass is 16.2. The first-order chi connectivity index (χ1) is 14.0. The summed E-state index contributed by atoms with van der Waals surface area (Å²) in [6.45, 7) is 3.73. The van der Waals surface area contributed by atoms with Gasteiger partial charge < -0.3 is 5.32 Å². The van der Waals surface area contributed by atoms with E-state index in [0.29, 0.717) is 10.9 Å². The summed E-state index contributed by atoms with van der Waals surface area (Å²) < 4.78 is 2.79. The van der Waals surface area contributed by atoms with Crippen molar-refractivity contribution < 1.29 is 4.79 Å². The molecule has 1 saturated carbocycles. The third-order valence-electron chi connectivity index (χ3n) is 5.82. The number of para-hydroxylation sites is 2. The number of benzene rings is 2. The van der Waals surface area contributed by atoms with E-state index in [2.05, 4.69) is 5.32 Å². The smallest absolute Gasteiger partial charge is 0.324 e. The predicted octanol–water partition coefficient (Wildman–Crippen LogP) is 3.53. The van der Waals surface area contributed by atoms with Crippen molar-refractivity contribution in [3.05, 3.63) is 74.4 Å². The maximum Gasteiger partial charge on any atom is 0.332 e. The van der Waals surface area contributed by atoms with E-state index in [1.165, 1.54) is 9.13 Å². The number of aryl methyl sites for hydroxylation is 2. The molecule has 3 aromatic rings. The van der Waals surface area contributed by atoms with Crippen LogP contribution >= 0.6 is 0 Å². The zero-order valence-corrected chi connectivity index (χ0v) is 16.8. The fourth-order valence-electron chi connectivity index (χ4n) is 4.31. The Balaban J connectivity index is 1.78. The number of amides is 1. The SMILES string of the molecule is Cc1cccc(C)c1NC(=O)Cn1c(=O)n(C2CCCC2)c(=O)c2ccccc21. The molecule has 6 heteroatoms. The largest absolute Gasteiger partial charge is 0.332 e. The van der Waals surface area contributed by atoms with Crippen LogP contribution in [0.2, 0.25) is 0 Å². The van der Waals surface area contributed by atoms with E-state index in [0.717, 1.165) is 42.5 Å². The van der Waals surface area contributed by atoms with Crippen LogP contribution in [0.15, 0.2) is 52.1 Å². The number of hydrogen-bond donors (Lipinski definition) is 1. The van der Waals surface area contributed by atoms with E-state index in [1.54, 1.807) is 24.3 Å². The molecule has 1 aromatic heterocycles. The van der Waals surface area contributed by atoms with Crippen LogP contribution < -0.4 is 16.6 Å². The molecule has 0 radical (unpaired) electrons. The molecule has 1 aliphatic carbocycles. The molecule has 29 heavy (non-hydrogen) atoms. The molecule has 0 aliphatic heterocycles. The summed E-state index contributed by atoms with van der Waals surface area (Å²) in [7, 11) is 0. The van der Waals surface area contributed by atoms with Gasteiger partial charge in [-0.3, -0.25) is 18.7 Å². The first-order valence-corrected chi connectivity index (χ1v) is 10.1. The first-order valence-electron chi connectivity index (χ1n) is 10.1. The predicted molar refractivity (Wildman–Crippen MR) is 115 cm³/mol. The zero-order chi connectivity index (χ0) is 20.5. The third-order valence-corrected chi connectivity index (χ3v) is 5.82. The van der Waals surface area contributed by atoms with Crippen molar-refractivity contribution in [1.82, 2.24) is 9.13 Å². The average Bonchev–Trinajstić information content (AvgIpc) is 3.22. The highest BCUT2D eigenvalue weighted by Gasteiger charge is 2.24. The number of anilines is 1. The van der Waals surface area contributed by atoms with E-state index >= 15 is 0 Å². The van der Waals surface area contributed by atoms with Gasteiger partial charge in [0.2, 0.25) is 5.91 Å². The van der Waals surface area contributed by atoms with Crippen LogP contribution in [0.3, 0.4) is 0 Å². The Morgan fingerprint density at radius 1 is 1.00 bits per heavy atom. The Hall–Kier alpha value is -3.15. The summed E-state index contributed by atoms with van der Waals surface area (Å²) in [6.07, 6.45) is 3.66. The number of aromatic nitrogens is 2. The Bertz CT molecular complexity index is 1180. The van der Waals surface area contributed by atoms with Gasteiger partial charge in [-0.1, -0.05) is 43.2 Å². The Morgan fingerprint density at radius 2 is 1.66 bits per heavy atom. The standard InChI is InChI=1S/C23H25N3O3/c1-15-8-7-9-16(2)21(15)24-20(27)14-25-19-13-6-5-12-18(19)22(28)26(23(25)29)17-10-3-4-11-17/h5-9,12-13,17H,3-4,10-11,14H2,1-2H3,(H,24,27). The number of nitrogens with zero attached hydrogens (tertiary/aromatic N) is 2. The molecule has 0 spiro atoms.